The van der Waals surface area contributed by atoms with Crippen LogP contribution in [-0.2, 0) is 30.8 Å². The molecule has 0 saturated heterocycles. The fourth-order valence-corrected chi connectivity index (χ4v) is 4.19. The number of anilines is 1. The largest absolute Gasteiger partial charge is 0.490 e. The maximum Gasteiger partial charge on any atom is 0.490 e. The minimum Gasteiger partial charge on any atom is -0.475 e. The Balaban J connectivity index is 0.000000782. The second-order valence-electron chi connectivity index (χ2n) is 8.42. The van der Waals surface area contributed by atoms with E-state index in [4.69, 9.17) is 26.2 Å². The van der Waals surface area contributed by atoms with Crippen molar-refractivity contribution in [1.29, 1.82) is 5.41 Å². The van der Waals surface area contributed by atoms with Crippen LogP contribution < -0.4 is 21.5 Å². The lowest BCUT2D eigenvalue weighted by molar-refractivity contribution is -0.192. The van der Waals surface area contributed by atoms with Crippen LogP contribution in [0.4, 0.5) is 23.7 Å². The molecular weight excluding hydrogens is 583 g/mol. The number of amidine groups is 1. The van der Waals surface area contributed by atoms with E-state index in [9.17, 15) is 31.2 Å². The van der Waals surface area contributed by atoms with Gasteiger partial charge in [0.25, 0.3) is 0 Å². The maximum absolute atomic E-state index is 13.0. The number of carbonyl (C=O) groups is 3. The van der Waals surface area contributed by atoms with Gasteiger partial charge >= 0.3 is 18.2 Å². The Morgan fingerprint density at radius 3 is 2.14 bits per heavy atom. The van der Waals surface area contributed by atoms with Crippen molar-refractivity contribution in [3.63, 3.8) is 0 Å². The number of halogens is 3. The van der Waals surface area contributed by atoms with Gasteiger partial charge in [-0.05, 0) is 35.4 Å². The number of sulfonamides is 1. The molecular formula is C26H26F3N5O7S. The van der Waals surface area contributed by atoms with E-state index in [1.165, 1.54) is 13.2 Å². The number of nitrogen functional groups attached to an aromatic ring is 1. The molecule has 0 heterocycles. The molecule has 0 bridgehead atoms. The van der Waals surface area contributed by atoms with Gasteiger partial charge in [0, 0.05) is 23.2 Å². The highest BCUT2D eigenvalue weighted by atomic mass is 32.2. The first kappa shape index (κ1) is 33.2. The van der Waals surface area contributed by atoms with Crippen molar-refractivity contribution in [3.8, 4) is 11.1 Å². The summed E-state index contributed by atoms with van der Waals surface area (Å²) in [6.45, 7) is 0. The number of primary sulfonamides is 1. The number of methoxy groups -OCH3 is 1. The van der Waals surface area contributed by atoms with Gasteiger partial charge in [0.2, 0.25) is 15.9 Å². The number of aliphatic carboxylic acids is 1. The number of nitrogens with two attached hydrogens (primary N) is 2. The lowest BCUT2D eigenvalue weighted by Gasteiger charge is -2.18. The van der Waals surface area contributed by atoms with Crippen molar-refractivity contribution in [2.75, 3.05) is 12.4 Å². The van der Waals surface area contributed by atoms with E-state index in [-0.39, 0.29) is 17.2 Å². The summed E-state index contributed by atoms with van der Waals surface area (Å²) in [5.41, 5.74) is 8.18. The molecule has 224 valence electrons. The Bertz CT molecular complexity index is 1560. The van der Waals surface area contributed by atoms with Crippen LogP contribution in [0.5, 0.6) is 0 Å². The van der Waals surface area contributed by atoms with Crippen LogP contribution in [0.25, 0.3) is 11.1 Å². The number of carbonyl (C=O) groups excluding carboxylic acids is 2. The molecule has 1 atom stereocenters. The molecule has 3 aromatic rings. The third kappa shape index (κ3) is 9.90. The molecule has 0 aromatic heterocycles. The summed E-state index contributed by atoms with van der Waals surface area (Å²) in [4.78, 5) is 33.7. The average Bonchev–Trinajstić information content (AvgIpc) is 2.92. The molecule has 3 aromatic carbocycles. The lowest BCUT2D eigenvalue weighted by atomic mass is 10.0. The van der Waals surface area contributed by atoms with Gasteiger partial charge in [-0.2, -0.15) is 13.2 Å². The van der Waals surface area contributed by atoms with E-state index in [1.54, 1.807) is 66.7 Å². The number of alkyl carbamates (subject to hydrolysis) is 1. The zero-order valence-electron chi connectivity index (χ0n) is 21.8. The first-order valence-corrected chi connectivity index (χ1v) is 13.2. The second-order valence-corrected chi connectivity index (χ2v) is 9.95. The number of nitrogens with one attached hydrogen (secondary N) is 3. The molecule has 0 saturated carbocycles. The summed E-state index contributed by atoms with van der Waals surface area (Å²) in [7, 11) is -2.72. The maximum atomic E-state index is 13.0. The summed E-state index contributed by atoms with van der Waals surface area (Å²) < 4.78 is 60.2. The Labute approximate surface area is 238 Å². The van der Waals surface area contributed by atoms with E-state index in [0.29, 0.717) is 27.9 Å². The van der Waals surface area contributed by atoms with Crippen molar-refractivity contribution in [3.05, 3.63) is 83.9 Å². The van der Waals surface area contributed by atoms with Crippen molar-refractivity contribution in [2.45, 2.75) is 23.5 Å². The number of hydrogen-bond acceptors (Lipinski definition) is 7. The Morgan fingerprint density at radius 2 is 1.62 bits per heavy atom. The van der Waals surface area contributed by atoms with Crippen molar-refractivity contribution in [1.82, 2.24) is 5.32 Å². The Hall–Kier alpha value is -4.96. The molecule has 2 amide bonds. The molecule has 0 unspecified atom stereocenters. The summed E-state index contributed by atoms with van der Waals surface area (Å²) >= 11 is 0. The van der Waals surface area contributed by atoms with Crippen LogP contribution in [0.3, 0.4) is 0 Å². The number of ether oxygens (including phenoxy) is 1. The highest BCUT2D eigenvalue weighted by Gasteiger charge is 2.38. The lowest BCUT2D eigenvalue weighted by Crippen LogP contribution is -2.45. The van der Waals surface area contributed by atoms with Crippen LogP contribution in [0.2, 0.25) is 0 Å². The molecule has 8 N–H and O–H groups in total. The normalized spacial score (nSPS) is 11.7. The fourth-order valence-electron chi connectivity index (χ4n) is 3.43. The standard InChI is InChI=1S/C24H25N5O5S.C2HF3O2/c1-34-24(31)29-20(14-15-5-4-6-17(13-15)22(25)26)23(30)28-18-11-9-16(10-12-18)19-7-2-3-8-21(19)35(27,32)33;3-2(4,5)1(6)7/h2-13,20H,14H2,1H3,(H3,25,26)(H,28,30)(H,29,31)(H2,27,32,33);(H,6,7)/t20-;/m0./s1. The van der Waals surface area contributed by atoms with Gasteiger partial charge in [0.1, 0.15) is 11.9 Å². The van der Waals surface area contributed by atoms with E-state index in [1.807, 2.05) is 0 Å². The van der Waals surface area contributed by atoms with Gasteiger partial charge in [0.05, 0.1) is 12.0 Å². The summed E-state index contributed by atoms with van der Waals surface area (Å²) in [6.07, 6.45) is -5.73. The van der Waals surface area contributed by atoms with E-state index in [2.05, 4.69) is 15.4 Å². The first-order chi connectivity index (χ1) is 19.5. The first-order valence-electron chi connectivity index (χ1n) is 11.6. The molecule has 3 rings (SSSR count). The van der Waals surface area contributed by atoms with Crippen molar-refractivity contribution in [2.24, 2.45) is 10.9 Å². The smallest absolute Gasteiger partial charge is 0.475 e. The summed E-state index contributed by atoms with van der Waals surface area (Å²) in [6, 6.07) is 18.7. The van der Waals surface area contributed by atoms with Gasteiger partial charge in [0.15, 0.2) is 0 Å². The molecule has 0 aliphatic carbocycles. The monoisotopic (exact) mass is 609 g/mol. The summed E-state index contributed by atoms with van der Waals surface area (Å²) in [5, 5.41) is 25.3. The molecule has 12 nitrogen and oxygen atoms in total. The molecule has 0 aliphatic rings. The summed E-state index contributed by atoms with van der Waals surface area (Å²) in [5.74, 6) is -3.37. The number of alkyl halides is 3. The molecule has 42 heavy (non-hydrogen) atoms. The molecule has 0 radical (unpaired) electrons. The number of carboxylic acid groups (broad SMARTS) is 1. The minimum atomic E-state index is -5.08. The van der Waals surface area contributed by atoms with Gasteiger partial charge in [-0.15, -0.1) is 0 Å². The van der Waals surface area contributed by atoms with Crippen molar-refractivity contribution < 1.29 is 45.8 Å². The third-order valence-electron chi connectivity index (χ3n) is 5.37. The number of amides is 2. The van der Waals surface area contributed by atoms with Gasteiger partial charge in [-0.3, -0.25) is 10.2 Å². The van der Waals surface area contributed by atoms with E-state index >= 15 is 0 Å². The molecule has 0 spiro atoms. The van der Waals surface area contributed by atoms with Crippen LogP contribution in [0.1, 0.15) is 11.1 Å². The third-order valence-corrected chi connectivity index (χ3v) is 6.34. The number of rotatable bonds is 8. The Morgan fingerprint density at radius 1 is 1.02 bits per heavy atom. The Kier molecular flexibility index (Phi) is 11.2. The molecule has 0 aliphatic heterocycles. The quantitative estimate of drug-likeness (QED) is 0.165. The van der Waals surface area contributed by atoms with Crippen LogP contribution in [0.15, 0.2) is 77.7 Å². The zero-order valence-corrected chi connectivity index (χ0v) is 22.6. The number of benzene rings is 3. The van der Waals surface area contributed by atoms with E-state index < -0.39 is 40.2 Å². The topological polar surface area (TPSA) is 215 Å². The highest BCUT2D eigenvalue weighted by Crippen LogP contribution is 2.27. The predicted octanol–water partition coefficient (Wildman–Crippen LogP) is 2.82. The van der Waals surface area contributed by atoms with Crippen LogP contribution in [-0.4, -0.2) is 56.7 Å². The minimum absolute atomic E-state index is 0.00748. The second kappa shape index (κ2) is 14.1. The number of hydrogen-bond donors (Lipinski definition) is 6. The van der Waals surface area contributed by atoms with Gasteiger partial charge < -0.3 is 26.2 Å². The van der Waals surface area contributed by atoms with Gasteiger partial charge in [-0.1, -0.05) is 48.5 Å². The molecule has 16 heteroatoms. The predicted molar refractivity (Wildman–Crippen MR) is 146 cm³/mol. The highest BCUT2D eigenvalue weighted by molar-refractivity contribution is 7.89. The van der Waals surface area contributed by atoms with E-state index in [0.717, 1.165) is 0 Å². The van der Waals surface area contributed by atoms with Crippen LogP contribution >= 0.6 is 0 Å². The molecule has 0 fully saturated rings. The van der Waals surface area contributed by atoms with Crippen LogP contribution in [0, 0.1) is 5.41 Å². The zero-order chi connectivity index (χ0) is 31.7. The fraction of sp³-hybridized carbons (Fsp3) is 0.154. The average molecular weight is 610 g/mol. The number of carboxylic acids is 1. The van der Waals surface area contributed by atoms with Gasteiger partial charge in [-0.25, -0.2) is 23.1 Å². The van der Waals surface area contributed by atoms with Crippen molar-refractivity contribution >= 4 is 39.5 Å². The SMILES string of the molecule is COC(=O)N[C@@H](Cc1cccc(C(=N)N)c1)C(=O)Nc1ccc(-c2ccccc2S(N)(=O)=O)cc1.O=C(O)C(F)(F)F.